The van der Waals surface area contributed by atoms with E-state index in [1.54, 1.807) is 23.9 Å². The molecule has 0 aliphatic carbocycles. The molecule has 0 bridgehead atoms. The second-order valence-electron chi connectivity index (χ2n) is 4.43. The zero-order chi connectivity index (χ0) is 14.9. The fourth-order valence-electron chi connectivity index (χ4n) is 2.34. The van der Waals surface area contributed by atoms with Crippen molar-refractivity contribution in [1.82, 2.24) is 4.57 Å². The Labute approximate surface area is 114 Å². The van der Waals surface area contributed by atoms with Crippen LogP contribution < -0.4 is 4.74 Å². The third kappa shape index (κ3) is 2.29. The van der Waals surface area contributed by atoms with Crippen molar-refractivity contribution in [3.63, 3.8) is 0 Å². The van der Waals surface area contributed by atoms with Crippen LogP contribution in [0.4, 0.5) is 5.69 Å². The quantitative estimate of drug-likeness (QED) is 0.667. The second-order valence-corrected chi connectivity index (χ2v) is 4.43. The molecule has 1 aromatic carbocycles. The van der Waals surface area contributed by atoms with Gasteiger partial charge < -0.3 is 14.4 Å². The molecule has 0 amide bonds. The summed E-state index contributed by atoms with van der Waals surface area (Å²) >= 11 is 0. The minimum atomic E-state index is -0.937. The zero-order valence-corrected chi connectivity index (χ0v) is 11.1. The molecule has 0 radical (unpaired) electrons. The van der Waals surface area contributed by atoms with Crippen molar-refractivity contribution in [1.29, 1.82) is 0 Å². The number of nitro groups is 1. The molecule has 0 unspecified atom stereocenters. The van der Waals surface area contributed by atoms with E-state index < -0.39 is 10.9 Å². The average Bonchev–Trinajstić information content (AvgIpc) is 2.73. The number of hydrogen-bond acceptors (Lipinski definition) is 4. The second kappa shape index (κ2) is 5.20. The summed E-state index contributed by atoms with van der Waals surface area (Å²) in [6, 6.07) is 2.92. The van der Waals surface area contributed by atoms with Crippen molar-refractivity contribution < 1.29 is 19.6 Å². The highest BCUT2D eigenvalue weighted by atomic mass is 16.6. The first kappa shape index (κ1) is 13.9. The summed E-state index contributed by atoms with van der Waals surface area (Å²) in [4.78, 5) is 21.4. The molecule has 2 rings (SSSR count). The third-order valence-electron chi connectivity index (χ3n) is 3.17. The zero-order valence-electron chi connectivity index (χ0n) is 11.1. The van der Waals surface area contributed by atoms with Crippen LogP contribution in [0.1, 0.15) is 12.0 Å². The molecule has 0 aliphatic heterocycles. The van der Waals surface area contributed by atoms with Gasteiger partial charge in [-0.3, -0.25) is 14.9 Å². The minimum Gasteiger partial charge on any atom is -0.495 e. The number of fused-ring (bicyclic) bond motifs is 1. The molecular weight excluding hydrogens is 264 g/mol. The Morgan fingerprint density at radius 3 is 2.75 bits per heavy atom. The molecule has 106 valence electrons. The number of aliphatic carboxylic acids is 1. The number of nitrogens with zero attached hydrogens (tertiary/aromatic N) is 2. The average molecular weight is 278 g/mol. The maximum Gasteiger partial charge on any atom is 0.303 e. The van der Waals surface area contributed by atoms with Crippen molar-refractivity contribution in [2.75, 3.05) is 7.11 Å². The maximum absolute atomic E-state index is 11.2. The van der Waals surface area contributed by atoms with Gasteiger partial charge in [0.05, 0.1) is 22.9 Å². The fraction of sp³-hybridized carbons (Fsp3) is 0.308. The van der Waals surface area contributed by atoms with Crippen molar-refractivity contribution in [2.24, 2.45) is 7.05 Å². The molecule has 0 aliphatic rings. The normalized spacial score (nSPS) is 10.7. The van der Waals surface area contributed by atoms with Crippen LogP contribution in [0.2, 0.25) is 0 Å². The molecule has 1 heterocycles. The number of aromatic nitrogens is 1. The summed E-state index contributed by atoms with van der Waals surface area (Å²) in [6.07, 6.45) is 1.87. The lowest BCUT2D eigenvalue weighted by molar-refractivity contribution is -0.383. The number of hydrogen-bond donors (Lipinski definition) is 1. The van der Waals surface area contributed by atoms with Crippen LogP contribution in [0.5, 0.6) is 5.75 Å². The van der Waals surface area contributed by atoms with Crippen LogP contribution in [0.25, 0.3) is 10.9 Å². The van der Waals surface area contributed by atoms with Gasteiger partial charge in [0.25, 0.3) is 5.69 Å². The Morgan fingerprint density at radius 1 is 1.50 bits per heavy atom. The first-order valence-electron chi connectivity index (χ1n) is 5.96. The van der Waals surface area contributed by atoms with E-state index in [4.69, 9.17) is 9.84 Å². The van der Waals surface area contributed by atoms with Crippen molar-refractivity contribution in [2.45, 2.75) is 12.8 Å². The van der Waals surface area contributed by atoms with Gasteiger partial charge in [-0.1, -0.05) is 0 Å². The summed E-state index contributed by atoms with van der Waals surface area (Å²) in [5.41, 5.74) is 1.19. The van der Waals surface area contributed by atoms with Crippen LogP contribution in [-0.4, -0.2) is 27.7 Å². The van der Waals surface area contributed by atoms with Gasteiger partial charge in [0, 0.05) is 25.7 Å². The Kier molecular flexibility index (Phi) is 3.60. The first-order valence-corrected chi connectivity index (χ1v) is 5.96. The lowest BCUT2D eigenvalue weighted by atomic mass is 10.1. The van der Waals surface area contributed by atoms with Crippen molar-refractivity contribution in [3.05, 3.63) is 34.0 Å². The van der Waals surface area contributed by atoms with E-state index in [0.29, 0.717) is 22.2 Å². The van der Waals surface area contributed by atoms with Crippen LogP contribution >= 0.6 is 0 Å². The van der Waals surface area contributed by atoms with Crippen LogP contribution in [0.15, 0.2) is 18.3 Å². The summed E-state index contributed by atoms with van der Waals surface area (Å²) in [7, 11) is 3.24. The number of carbonyl (C=O) groups is 1. The number of aryl methyl sites for hydroxylation is 2. The fourth-order valence-corrected chi connectivity index (χ4v) is 2.34. The Morgan fingerprint density at radius 2 is 2.20 bits per heavy atom. The van der Waals surface area contributed by atoms with E-state index in [9.17, 15) is 14.9 Å². The van der Waals surface area contributed by atoms with E-state index in [1.165, 1.54) is 13.2 Å². The third-order valence-corrected chi connectivity index (χ3v) is 3.17. The number of nitro benzene ring substituents is 1. The highest BCUT2D eigenvalue weighted by Gasteiger charge is 2.21. The predicted octanol–water partition coefficient (Wildman–Crippen LogP) is 2.11. The maximum atomic E-state index is 11.2. The van der Waals surface area contributed by atoms with E-state index in [2.05, 4.69) is 0 Å². The van der Waals surface area contributed by atoms with Gasteiger partial charge in [-0.05, 0) is 18.1 Å². The highest BCUT2D eigenvalue weighted by Crippen LogP contribution is 2.36. The number of non-ortho nitro benzene ring substituents is 1. The molecular formula is C13H14N2O5. The Balaban J connectivity index is 2.69. The number of methoxy groups -OCH3 is 1. The molecule has 20 heavy (non-hydrogen) atoms. The van der Waals surface area contributed by atoms with E-state index in [1.807, 2.05) is 0 Å². The summed E-state index contributed by atoms with van der Waals surface area (Å²) in [5, 5.41) is 20.4. The number of ether oxygens (including phenoxy) is 1. The topological polar surface area (TPSA) is 94.6 Å². The predicted molar refractivity (Wildman–Crippen MR) is 72.1 cm³/mol. The van der Waals surface area contributed by atoms with Gasteiger partial charge in [0.1, 0.15) is 5.75 Å². The van der Waals surface area contributed by atoms with Crippen molar-refractivity contribution >= 4 is 22.6 Å². The van der Waals surface area contributed by atoms with Crippen LogP contribution in [0.3, 0.4) is 0 Å². The highest BCUT2D eigenvalue weighted by molar-refractivity contribution is 5.96. The van der Waals surface area contributed by atoms with Gasteiger partial charge in [0.2, 0.25) is 0 Å². The van der Waals surface area contributed by atoms with Crippen LogP contribution in [0, 0.1) is 10.1 Å². The molecule has 0 spiro atoms. The molecule has 7 heteroatoms. The lowest BCUT2D eigenvalue weighted by Gasteiger charge is -2.05. The Hall–Kier alpha value is -2.57. The molecule has 7 nitrogen and oxygen atoms in total. The number of carboxylic acid groups (broad SMARTS) is 1. The number of carboxylic acids is 1. The van der Waals surface area contributed by atoms with E-state index in [0.717, 1.165) is 0 Å². The van der Waals surface area contributed by atoms with Gasteiger partial charge in [-0.25, -0.2) is 0 Å². The molecule has 0 saturated heterocycles. The summed E-state index contributed by atoms with van der Waals surface area (Å²) in [6.45, 7) is 0. The molecule has 1 aromatic heterocycles. The monoisotopic (exact) mass is 278 g/mol. The van der Waals surface area contributed by atoms with E-state index >= 15 is 0 Å². The standard InChI is InChI=1S/C13H14N2O5/c1-14-7-8(3-6-11(16)17)12-9(15(18)19)4-5-10(20-2)13(12)14/h4-5,7H,3,6H2,1-2H3,(H,16,17). The van der Waals surface area contributed by atoms with Gasteiger partial charge in [-0.15, -0.1) is 0 Å². The molecule has 1 N–H and O–H groups in total. The largest absolute Gasteiger partial charge is 0.495 e. The molecule has 0 atom stereocenters. The molecule has 2 aromatic rings. The molecule has 0 fully saturated rings. The summed E-state index contributed by atoms with van der Waals surface area (Å²) in [5.74, 6) is -0.415. The first-order chi connectivity index (χ1) is 9.45. The smallest absolute Gasteiger partial charge is 0.303 e. The lowest BCUT2D eigenvalue weighted by Crippen LogP contribution is -1.98. The molecule has 0 saturated carbocycles. The van der Waals surface area contributed by atoms with Crippen molar-refractivity contribution in [3.8, 4) is 5.75 Å². The van der Waals surface area contributed by atoms with E-state index in [-0.39, 0.29) is 18.5 Å². The minimum absolute atomic E-state index is 0.0400. The van der Waals surface area contributed by atoms with Gasteiger partial charge in [0.15, 0.2) is 0 Å². The van der Waals surface area contributed by atoms with Gasteiger partial charge in [-0.2, -0.15) is 0 Å². The number of benzene rings is 1. The number of rotatable bonds is 5. The SMILES string of the molecule is COc1ccc([N+](=O)[O-])c2c(CCC(=O)O)cn(C)c12. The van der Waals surface area contributed by atoms with Crippen LogP contribution in [-0.2, 0) is 18.3 Å². The Bertz CT molecular complexity index is 690. The summed E-state index contributed by atoms with van der Waals surface area (Å²) < 4.78 is 6.94. The van der Waals surface area contributed by atoms with Gasteiger partial charge >= 0.3 is 5.97 Å².